The van der Waals surface area contributed by atoms with Gasteiger partial charge in [-0.05, 0) is 37.6 Å². The minimum atomic E-state index is -1.69. The summed E-state index contributed by atoms with van der Waals surface area (Å²) in [6.07, 6.45) is 0.692. The van der Waals surface area contributed by atoms with Gasteiger partial charge in [-0.25, -0.2) is 4.21 Å². The van der Waals surface area contributed by atoms with Gasteiger partial charge in [0.15, 0.2) is 11.1 Å². The molecule has 1 aromatic carbocycles. The molecule has 1 rings (SSSR count). The molecule has 17 heavy (non-hydrogen) atoms. The van der Waals surface area contributed by atoms with Gasteiger partial charge < -0.3 is 14.6 Å². The van der Waals surface area contributed by atoms with Crippen molar-refractivity contribution in [2.75, 3.05) is 19.4 Å². The number of rotatable bonds is 7. The van der Waals surface area contributed by atoms with Crippen LogP contribution in [0, 0.1) is 0 Å². The van der Waals surface area contributed by atoms with E-state index in [0.29, 0.717) is 12.2 Å². The predicted octanol–water partition coefficient (Wildman–Crippen LogP) is 1.96. The molecule has 0 spiro atoms. The second kappa shape index (κ2) is 7.42. The molecule has 0 saturated carbocycles. The van der Waals surface area contributed by atoms with Crippen LogP contribution >= 0.6 is 0 Å². The van der Waals surface area contributed by atoms with Crippen molar-refractivity contribution in [3.05, 3.63) is 29.8 Å². The van der Waals surface area contributed by atoms with Crippen molar-refractivity contribution in [1.29, 1.82) is 0 Å². The van der Waals surface area contributed by atoms with Crippen LogP contribution in [0.3, 0.4) is 0 Å². The van der Waals surface area contributed by atoms with E-state index in [1.165, 1.54) is 0 Å². The Balaban J connectivity index is 2.40. The third kappa shape index (κ3) is 5.30. The Labute approximate surface area is 105 Å². The Bertz CT molecular complexity index is 371. The van der Waals surface area contributed by atoms with Crippen molar-refractivity contribution in [1.82, 2.24) is 5.32 Å². The van der Waals surface area contributed by atoms with E-state index in [4.69, 9.17) is 9.29 Å². The third-order valence-electron chi connectivity index (χ3n) is 2.54. The third-order valence-corrected chi connectivity index (χ3v) is 3.18. The van der Waals surface area contributed by atoms with E-state index < -0.39 is 11.1 Å². The number of hydrogen-bond donors (Lipinski definition) is 2. The molecule has 2 unspecified atom stereocenters. The second-order valence-electron chi connectivity index (χ2n) is 3.83. The standard InChI is InChI=1S/C12H19NO3S/c1-10(13-7-4-8-17(14)15)11-5-3-6-12(9-11)16-2/h3,5-6,9-10,13H,4,7-8H2,1-2H3,(H,14,15). The van der Waals surface area contributed by atoms with Gasteiger partial charge in [0.2, 0.25) is 0 Å². The largest absolute Gasteiger partial charge is 0.497 e. The maximum Gasteiger partial charge on any atom is 0.152 e. The van der Waals surface area contributed by atoms with Crippen molar-refractivity contribution in [3.8, 4) is 5.75 Å². The number of hydrogen-bond acceptors (Lipinski definition) is 3. The van der Waals surface area contributed by atoms with Crippen LogP contribution in [0.4, 0.5) is 0 Å². The molecule has 0 heterocycles. The first-order valence-corrected chi connectivity index (χ1v) is 6.86. The average molecular weight is 257 g/mol. The van der Waals surface area contributed by atoms with Crippen LogP contribution in [-0.2, 0) is 11.1 Å². The summed E-state index contributed by atoms with van der Waals surface area (Å²) in [6, 6.07) is 8.09. The molecule has 5 heteroatoms. The van der Waals surface area contributed by atoms with Gasteiger partial charge >= 0.3 is 0 Å². The molecule has 0 bridgehead atoms. The SMILES string of the molecule is COc1cccc(C(C)NCCCS(=O)O)c1. The van der Waals surface area contributed by atoms with E-state index >= 15 is 0 Å². The summed E-state index contributed by atoms with van der Waals surface area (Å²) < 4.78 is 24.3. The van der Waals surface area contributed by atoms with Gasteiger partial charge in [0.25, 0.3) is 0 Å². The maximum absolute atomic E-state index is 10.5. The monoisotopic (exact) mass is 257 g/mol. The molecule has 0 fully saturated rings. The highest BCUT2D eigenvalue weighted by atomic mass is 32.2. The second-order valence-corrected chi connectivity index (χ2v) is 4.88. The minimum absolute atomic E-state index is 0.206. The van der Waals surface area contributed by atoms with Crippen LogP contribution in [-0.4, -0.2) is 28.2 Å². The minimum Gasteiger partial charge on any atom is -0.497 e. The fourth-order valence-corrected chi connectivity index (χ4v) is 1.93. The topological polar surface area (TPSA) is 58.6 Å². The van der Waals surface area contributed by atoms with E-state index in [2.05, 4.69) is 12.2 Å². The first-order valence-electron chi connectivity index (χ1n) is 5.58. The van der Waals surface area contributed by atoms with E-state index in [-0.39, 0.29) is 6.04 Å². The molecule has 0 aliphatic rings. The Morgan fingerprint density at radius 2 is 2.29 bits per heavy atom. The molecule has 2 N–H and O–H groups in total. The molecule has 1 aromatic rings. The molecular weight excluding hydrogens is 238 g/mol. The van der Waals surface area contributed by atoms with E-state index in [9.17, 15) is 4.21 Å². The highest BCUT2D eigenvalue weighted by molar-refractivity contribution is 7.79. The molecule has 0 aliphatic heterocycles. The van der Waals surface area contributed by atoms with Crippen LogP contribution in [0.5, 0.6) is 5.75 Å². The first kappa shape index (κ1) is 14.2. The van der Waals surface area contributed by atoms with Gasteiger partial charge in [-0.2, -0.15) is 0 Å². The lowest BCUT2D eigenvalue weighted by molar-refractivity contribution is 0.413. The van der Waals surface area contributed by atoms with Gasteiger partial charge in [-0.1, -0.05) is 12.1 Å². The van der Waals surface area contributed by atoms with Gasteiger partial charge in [-0.15, -0.1) is 0 Å². The van der Waals surface area contributed by atoms with E-state index in [1.807, 2.05) is 24.3 Å². The van der Waals surface area contributed by atoms with Gasteiger partial charge in [0.05, 0.1) is 12.9 Å². The molecule has 0 amide bonds. The Morgan fingerprint density at radius 3 is 2.94 bits per heavy atom. The quantitative estimate of drug-likeness (QED) is 0.579. The van der Waals surface area contributed by atoms with Gasteiger partial charge in [0.1, 0.15) is 5.75 Å². The van der Waals surface area contributed by atoms with E-state index in [1.54, 1.807) is 7.11 Å². The number of nitrogens with one attached hydrogen (secondary N) is 1. The molecule has 0 aromatic heterocycles. The van der Waals surface area contributed by atoms with Crippen LogP contribution in [0.25, 0.3) is 0 Å². The fraction of sp³-hybridized carbons (Fsp3) is 0.500. The highest BCUT2D eigenvalue weighted by Gasteiger charge is 2.05. The zero-order chi connectivity index (χ0) is 12.7. The summed E-state index contributed by atoms with van der Waals surface area (Å²) in [5, 5.41) is 3.30. The normalized spacial score (nSPS) is 14.3. The summed E-state index contributed by atoms with van der Waals surface area (Å²) in [6.45, 7) is 2.79. The smallest absolute Gasteiger partial charge is 0.152 e. The molecule has 0 radical (unpaired) electrons. The fourth-order valence-electron chi connectivity index (χ4n) is 1.54. The summed E-state index contributed by atoms with van der Waals surface area (Å²) in [5.74, 6) is 1.16. The zero-order valence-electron chi connectivity index (χ0n) is 10.2. The van der Waals surface area contributed by atoms with Crippen molar-refractivity contribution in [3.63, 3.8) is 0 Å². The predicted molar refractivity (Wildman–Crippen MR) is 69.7 cm³/mol. The molecule has 96 valence electrons. The van der Waals surface area contributed by atoms with Gasteiger partial charge in [0, 0.05) is 6.04 Å². The van der Waals surface area contributed by atoms with Crippen molar-refractivity contribution in [2.45, 2.75) is 19.4 Å². The van der Waals surface area contributed by atoms with Crippen molar-refractivity contribution >= 4 is 11.1 Å². The Hall–Kier alpha value is -0.910. The molecule has 4 nitrogen and oxygen atoms in total. The highest BCUT2D eigenvalue weighted by Crippen LogP contribution is 2.18. The number of methoxy groups -OCH3 is 1. The molecular formula is C12H19NO3S. The van der Waals surface area contributed by atoms with Crippen LogP contribution in [0.15, 0.2) is 24.3 Å². The van der Waals surface area contributed by atoms with Crippen LogP contribution < -0.4 is 10.1 Å². The zero-order valence-corrected chi connectivity index (χ0v) is 11.0. The lowest BCUT2D eigenvalue weighted by atomic mass is 10.1. The molecule has 0 saturated heterocycles. The van der Waals surface area contributed by atoms with Crippen LogP contribution in [0.2, 0.25) is 0 Å². The first-order chi connectivity index (χ1) is 8.13. The lowest BCUT2D eigenvalue weighted by Gasteiger charge is -2.14. The average Bonchev–Trinajstić information content (AvgIpc) is 2.34. The van der Waals surface area contributed by atoms with Gasteiger partial charge in [-0.3, -0.25) is 0 Å². The van der Waals surface area contributed by atoms with Crippen LogP contribution in [0.1, 0.15) is 24.9 Å². The number of benzene rings is 1. The lowest BCUT2D eigenvalue weighted by Crippen LogP contribution is -2.21. The Morgan fingerprint density at radius 1 is 1.53 bits per heavy atom. The van der Waals surface area contributed by atoms with E-state index in [0.717, 1.165) is 17.9 Å². The van der Waals surface area contributed by atoms with Crippen molar-refractivity contribution < 1.29 is 13.5 Å². The maximum atomic E-state index is 10.5. The molecule has 0 aliphatic carbocycles. The summed E-state index contributed by atoms with van der Waals surface area (Å²) in [7, 11) is 1.65. The molecule has 2 atom stereocenters. The van der Waals surface area contributed by atoms with Crippen molar-refractivity contribution in [2.24, 2.45) is 0 Å². The summed E-state index contributed by atoms with van der Waals surface area (Å²) >= 11 is -1.69. The summed E-state index contributed by atoms with van der Waals surface area (Å²) in [5.41, 5.74) is 1.15. The summed E-state index contributed by atoms with van der Waals surface area (Å²) in [4.78, 5) is 0. The Kier molecular flexibility index (Phi) is 6.18. The number of ether oxygens (including phenoxy) is 1.